The van der Waals surface area contributed by atoms with E-state index < -0.39 is 0 Å². The SMILES string of the molecule is COc1ccc(C(=O)NC(=NCc2c(C)nn(C)c2C)Nc2ccc(C)cc2C)cc1OC. The molecule has 0 aliphatic heterocycles. The van der Waals surface area contributed by atoms with Crippen LogP contribution in [0.1, 0.15) is 38.4 Å². The topological polar surface area (TPSA) is 89.8 Å². The van der Waals surface area contributed by atoms with Gasteiger partial charge in [0.05, 0.1) is 26.5 Å². The number of aryl methyl sites for hydroxylation is 4. The molecule has 3 aromatic rings. The van der Waals surface area contributed by atoms with Crippen LogP contribution in [0.4, 0.5) is 5.69 Å². The molecule has 0 fully saturated rings. The number of guanidine groups is 1. The van der Waals surface area contributed by atoms with Crippen molar-refractivity contribution >= 4 is 17.6 Å². The van der Waals surface area contributed by atoms with Gasteiger partial charge in [0, 0.05) is 29.6 Å². The molecule has 33 heavy (non-hydrogen) atoms. The highest BCUT2D eigenvalue weighted by atomic mass is 16.5. The number of rotatable bonds is 6. The fourth-order valence-corrected chi connectivity index (χ4v) is 3.55. The van der Waals surface area contributed by atoms with Crippen LogP contribution in [0.3, 0.4) is 0 Å². The third kappa shape index (κ3) is 5.52. The highest BCUT2D eigenvalue weighted by Gasteiger charge is 2.15. The number of carbonyl (C=O) groups excluding carboxylic acids is 1. The first-order chi connectivity index (χ1) is 15.7. The van der Waals surface area contributed by atoms with Crippen LogP contribution in [0.15, 0.2) is 41.4 Å². The number of methoxy groups -OCH3 is 2. The van der Waals surface area contributed by atoms with Gasteiger partial charge in [-0.25, -0.2) is 4.99 Å². The summed E-state index contributed by atoms with van der Waals surface area (Å²) >= 11 is 0. The number of aromatic nitrogens is 2. The van der Waals surface area contributed by atoms with Gasteiger partial charge in [-0.05, 0) is 57.5 Å². The average molecular weight is 450 g/mol. The summed E-state index contributed by atoms with van der Waals surface area (Å²) in [5, 5.41) is 10.6. The Kier molecular flexibility index (Phi) is 7.37. The summed E-state index contributed by atoms with van der Waals surface area (Å²) in [6, 6.07) is 11.1. The molecular formula is C25H31N5O3. The third-order valence-corrected chi connectivity index (χ3v) is 5.57. The molecule has 0 unspecified atom stereocenters. The van der Waals surface area contributed by atoms with Crippen LogP contribution in [-0.4, -0.2) is 35.9 Å². The maximum absolute atomic E-state index is 13.1. The van der Waals surface area contributed by atoms with Gasteiger partial charge < -0.3 is 14.8 Å². The molecule has 0 spiro atoms. The van der Waals surface area contributed by atoms with Gasteiger partial charge in [0.15, 0.2) is 11.5 Å². The molecule has 3 rings (SSSR count). The molecule has 0 bridgehead atoms. The zero-order chi connectivity index (χ0) is 24.1. The highest BCUT2D eigenvalue weighted by Crippen LogP contribution is 2.27. The van der Waals surface area contributed by atoms with E-state index in [4.69, 9.17) is 14.5 Å². The number of carbonyl (C=O) groups is 1. The lowest BCUT2D eigenvalue weighted by Gasteiger charge is -2.15. The maximum atomic E-state index is 13.1. The van der Waals surface area contributed by atoms with Gasteiger partial charge in [0.1, 0.15) is 0 Å². The fourth-order valence-electron chi connectivity index (χ4n) is 3.55. The third-order valence-electron chi connectivity index (χ3n) is 5.57. The Morgan fingerprint density at radius 1 is 1.03 bits per heavy atom. The van der Waals surface area contributed by atoms with Gasteiger partial charge in [0.25, 0.3) is 5.91 Å². The smallest absolute Gasteiger partial charge is 0.258 e. The van der Waals surface area contributed by atoms with Gasteiger partial charge in [-0.1, -0.05) is 17.7 Å². The van der Waals surface area contributed by atoms with Crippen molar-refractivity contribution in [1.82, 2.24) is 15.1 Å². The van der Waals surface area contributed by atoms with E-state index in [0.717, 1.165) is 33.8 Å². The van der Waals surface area contributed by atoms with Gasteiger partial charge in [-0.3, -0.25) is 14.8 Å². The quantitative estimate of drug-likeness (QED) is 0.437. The molecule has 1 amide bonds. The molecule has 0 saturated heterocycles. The largest absolute Gasteiger partial charge is 0.493 e. The molecule has 2 aromatic carbocycles. The first-order valence-electron chi connectivity index (χ1n) is 10.6. The number of benzene rings is 2. The predicted molar refractivity (Wildman–Crippen MR) is 130 cm³/mol. The zero-order valence-corrected chi connectivity index (χ0v) is 20.2. The molecule has 0 aliphatic carbocycles. The molecule has 1 aromatic heterocycles. The Labute approximate surface area is 194 Å². The summed E-state index contributed by atoms with van der Waals surface area (Å²) in [5.41, 5.74) is 6.48. The Bertz CT molecular complexity index is 1200. The fraction of sp³-hybridized carbons (Fsp3) is 0.320. The Morgan fingerprint density at radius 3 is 2.36 bits per heavy atom. The van der Waals surface area contributed by atoms with Crippen molar-refractivity contribution in [2.75, 3.05) is 19.5 Å². The number of hydrogen-bond donors (Lipinski definition) is 2. The number of anilines is 1. The minimum Gasteiger partial charge on any atom is -0.493 e. The lowest BCUT2D eigenvalue weighted by molar-refractivity contribution is 0.0976. The molecule has 0 aliphatic rings. The Morgan fingerprint density at radius 2 is 1.76 bits per heavy atom. The minimum atomic E-state index is -0.313. The van der Waals surface area contributed by atoms with E-state index in [1.54, 1.807) is 25.3 Å². The van der Waals surface area contributed by atoms with Crippen molar-refractivity contribution < 1.29 is 14.3 Å². The molecule has 8 nitrogen and oxygen atoms in total. The van der Waals surface area contributed by atoms with Crippen molar-refractivity contribution in [2.45, 2.75) is 34.2 Å². The normalized spacial score (nSPS) is 11.3. The predicted octanol–water partition coefficient (Wildman–Crippen LogP) is 4.07. The van der Waals surface area contributed by atoms with Crippen LogP contribution in [0.5, 0.6) is 11.5 Å². The van der Waals surface area contributed by atoms with Crippen LogP contribution < -0.4 is 20.1 Å². The highest BCUT2D eigenvalue weighted by molar-refractivity contribution is 6.10. The van der Waals surface area contributed by atoms with Gasteiger partial charge in [-0.15, -0.1) is 0 Å². The molecule has 0 atom stereocenters. The number of amides is 1. The number of hydrogen-bond acceptors (Lipinski definition) is 5. The summed E-state index contributed by atoms with van der Waals surface area (Å²) in [6.07, 6.45) is 0. The summed E-state index contributed by atoms with van der Waals surface area (Å²) in [4.78, 5) is 17.8. The standard InChI is InChI=1S/C25H31N5O3/c1-15-8-10-21(16(2)12-15)27-25(26-14-20-17(3)29-30(5)18(20)4)28-24(31)19-9-11-22(32-6)23(13-19)33-7/h8-13H,14H2,1-7H3,(H2,26,27,28,31). The second-order valence-corrected chi connectivity index (χ2v) is 7.91. The second-order valence-electron chi connectivity index (χ2n) is 7.91. The van der Waals surface area contributed by atoms with Crippen LogP contribution in [0, 0.1) is 27.7 Å². The van der Waals surface area contributed by atoms with E-state index in [2.05, 4.69) is 21.8 Å². The summed E-state index contributed by atoms with van der Waals surface area (Å²) in [7, 11) is 4.99. The van der Waals surface area contributed by atoms with Crippen LogP contribution >= 0.6 is 0 Å². The van der Waals surface area contributed by atoms with E-state index in [1.165, 1.54) is 7.11 Å². The molecule has 0 saturated carbocycles. The van der Waals surface area contributed by atoms with Gasteiger partial charge in [0.2, 0.25) is 5.96 Å². The van der Waals surface area contributed by atoms with E-state index in [0.29, 0.717) is 29.6 Å². The van der Waals surface area contributed by atoms with E-state index in [1.807, 2.05) is 51.6 Å². The number of nitrogens with one attached hydrogen (secondary N) is 2. The monoisotopic (exact) mass is 449 g/mol. The Balaban J connectivity index is 1.91. The van der Waals surface area contributed by atoms with Crippen LogP contribution in [0.2, 0.25) is 0 Å². The van der Waals surface area contributed by atoms with E-state index in [-0.39, 0.29) is 5.91 Å². The first kappa shape index (κ1) is 23.8. The second kappa shape index (κ2) is 10.2. The summed E-state index contributed by atoms with van der Waals surface area (Å²) in [6.45, 7) is 8.39. The van der Waals surface area contributed by atoms with Crippen molar-refractivity contribution in [3.8, 4) is 11.5 Å². The molecule has 0 radical (unpaired) electrons. The van der Waals surface area contributed by atoms with Crippen molar-refractivity contribution in [1.29, 1.82) is 0 Å². The lowest BCUT2D eigenvalue weighted by atomic mass is 10.1. The van der Waals surface area contributed by atoms with Gasteiger partial charge in [-0.2, -0.15) is 5.10 Å². The first-order valence-corrected chi connectivity index (χ1v) is 10.6. The van der Waals surface area contributed by atoms with Crippen LogP contribution in [0.25, 0.3) is 0 Å². The van der Waals surface area contributed by atoms with Crippen molar-refractivity contribution in [2.24, 2.45) is 12.0 Å². The molecular weight excluding hydrogens is 418 g/mol. The molecule has 2 N–H and O–H groups in total. The van der Waals surface area contributed by atoms with Crippen molar-refractivity contribution in [3.63, 3.8) is 0 Å². The zero-order valence-electron chi connectivity index (χ0n) is 20.2. The van der Waals surface area contributed by atoms with Crippen LogP contribution in [-0.2, 0) is 13.6 Å². The summed E-state index contributed by atoms with van der Waals surface area (Å²) in [5.74, 6) is 1.07. The maximum Gasteiger partial charge on any atom is 0.258 e. The summed E-state index contributed by atoms with van der Waals surface area (Å²) < 4.78 is 12.4. The number of nitrogens with zero attached hydrogens (tertiary/aromatic N) is 3. The molecule has 8 heteroatoms. The molecule has 174 valence electrons. The van der Waals surface area contributed by atoms with Gasteiger partial charge >= 0.3 is 0 Å². The lowest BCUT2D eigenvalue weighted by Crippen LogP contribution is -2.36. The van der Waals surface area contributed by atoms with E-state index in [9.17, 15) is 4.79 Å². The number of ether oxygens (including phenoxy) is 2. The molecule has 1 heterocycles. The van der Waals surface area contributed by atoms with Crippen molar-refractivity contribution in [3.05, 3.63) is 70.0 Å². The minimum absolute atomic E-state index is 0.313. The average Bonchev–Trinajstić information content (AvgIpc) is 3.03. The Hall–Kier alpha value is -3.81. The van der Waals surface area contributed by atoms with E-state index >= 15 is 0 Å². The number of aliphatic imine (C=N–C) groups is 1.